The largest absolute Gasteiger partial charge is 0.370 e. The fraction of sp³-hybridized carbons (Fsp3) is 0.533. The van der Waals surface area contributed by atoms with E-state index in [0.29, 0.717) is 19.0 Å². The summed E-state index contributed by atoms with van der Waals surface area (Å²) in [6, 6.07) is 6.02. The Balaban J connectivity index is 0.00000192. The lowest BCUT2D eigenvalue weighted by Crippen LogP contribution is -2.52. The Labute approximate surface area is 150 Å². The maximum Gasteiger partial charge on any atom is 0.252 e. The van der Waals surface area contributed by atoms with Crippen molar-refractivity contribution in [3.8, 4) is 0 Å². The van der Waals surface area contributed by atoms with E-state index in [2.05, 4.69) is 9.89 Å². The van der Waals surface area contributed by atoms with Gasteiger partial charge in [-0.15, -0.1) is 24.0 Å². The Bertz CT molecular complexity index is 548. The summed E-state index contributed by atoms with van der Waals surface area (Å²) >= 11 is 0. The summed E-state index contributed by atoms with van der Waals surface area (Å²) in [5.41, 5.74) is 6.88. The van der Waals surface area contributed by atoms with Crippen molar-refractivity contribution >= 4 is 35.6 Å². The Morgan fingerprint density at radius 2 is 1.65 bits per heavy atom. The second-order valence-electron chi connectivity index (χ2n) is 5.86. The van der Waals surface area contributed by atoms with Crippen LogP contribution in [0.5, 0.6) is 0 Å². The van der Waals surface area contributed by atoms with Crippen LogP contribution in [-0.2, 0) is 0 Å². The molecule has 1 saturated carbocycles. The lowest BCUT2D eigenvalue weighted by Gasteiger charge is -2.38. The SMILES string of the molecule is I.NC(=NC1CC(F)(F)C1)N1CCN(c2ccc(F)cc2)CC1. The number of nitrogens with two attached hydrogens (primary N) is 1. The zero-order valence-electron chi connectivity index (χ0n) is 12.6. The molecule has 4 nitrogen and oxygen atoms in total. The van der Waals surface area contributed by atoms with Crippen LogP contribution in [-0.4, -0.2) is 49.0 Å². The topological polar surface area (TPSA) is 44.9 Å². The number of rotatable bonds is 2. The van der Waals surface area contributed by atoms with Crippen molar-refractivity contribution in [2.75, 3.05) is 31.1 Å². The molecule has 1 saturated heterocycles. The van der Waals surface area contributed by atoms with Crippen LogP contribution in [0.15, 0.2) is 29.3 Å². The number of alkyl halides is 2. The highest BCUT2D eigenvalue weighted by atomic mass is 127. The van der Waals surface area contributed by atoms with Gasteiger partial charge >= 0.3 is 0 Å². The fourth-order valence-corrected chi connectivity index (χ4v) is 2.84. The third kappa shape index (κ3) is 4.42. The molecule has 1 aromatic rings. The number of benzene rings is 1. The number of nitrogens with zero attached hydrogens (tertiary/aromatic N) is 3. The summed E-state index contributed by atoms with van der Waals surface area (Å²) < 4.78 is 38.5. The zero-order chi connectivity index (χ0) is 15.7. The number of anilines is 1. The average molecular weight is 440 g/mol. The molecule has 1 aromatic carbocycles. The molecule has 1 heterocycles. The Morgan fingerprint density at radius 1 is 1.09 bits per heavy atom. The van der Waals surface area contributed by atoms with Gasteiger partial charge in [0, 0.05) is 44.7 Å². The molecule has 2 fully saturated rings. The van der Waals surface area contributed by atoms with Gasteiger partial charge in [0.15, 0.2) is 5.96 Å². The molecule has 1 aliphatic heterocycles. The molecule has 128 valence electrons. The third-order valence-corrected chi connectivity index (χ3v) is 4.18. The highest BCUT2D eigenvalue weighted by Crippen LogP contribution is 2.39. The summed E-state index contributed by atoms with van der Waals surface area (Å²) in [4.78, 5) is 8.24. The van der Waals surface area contributed by atoms with Crippen molar-refractivity contribution in [2.45, 2.75) is 24.8 Å². The minimum atomic E-state index is -2.57. The molecule has 1 aliphatic carbocycles. The molecule has 0 radical (unpaired) electrons. The van der Waals surface area contributed by atoms with Crippen molar-refractivity contribution in [3.63, 3.8) is 0 Å². The average Bonchev–Trinajstić information content (AvgIpc) is 2.46. The second-order valence-corrected chi connectivity index (χ2v) is 5.86. The monoisotopic (exact) mass is 440 g/mol. The molecule has 0 aromatic heterocycles. The normalized spacial score (nSPS) is 21.6. The predicted molar refractivity (Wildman–Crippen MR) is 95.2 cm³/mol. The van der Waals surface area contributed by atoms with E-state index in [9.17, 15) is 13.2 Å². The van der Waals surface area contributed by atoms with Gasteiger partial charge in [0.05, 0.1) is 6.04 Å². The van der Waals surface area contributed by atoms with Crippen LogP contribution in [0.4, 0.5) is 18.9 Å². The molecule has 0 bridgehead atoms. The van der Waals surface area contributed by atoms with Crippen LogP contribution >= 0.6 is 24.0 Å². The van der Waals surface area contributed by atoms with Gasteiger partial charge in [-0.25, -0.2) is 18.2 Å². The van der Waals surface area contributed by atoms with Crippen LogP contribution in [0.25, 0.3) is 0 Å². The van der Waals surface area contributed by atoms with E-state index in [1.807, 2.05) is 4.90 Å². The van der Waals surface area contributed by atoms with Crippen LogP contribution < -0.4 is 10.6 Å². The van der Waals surface area contributed by atoms with Gasteiger partial charge < -0.3 is 15.5 Å². The van der Waals surface area contributed by atoms with Crippen molar-refractivity contribution in [3.05, 3.63) is 30.1 Å². The molecule has 0 atom stereocenters. The van der Waals surface area contributed by atoms with Gasteiger partial charge in [0.2, 0.25) is 0 Å². The van der Waals surface area contributed by atoms with Crippen LogP contribution in [0.2, 0.25) is 0 Å². The van der Waals surface area contributed by atoms with E-state index in [1.165, 1.54) is 12.1 Å². The maximum atomic E-state index is 12.9. The zero-order valence-corrected chi connectivity index (χ0v) is 14.9. The molecule has 8 heteroatoms. The van der Waals surface area contributed by atoms with E-state index in [-0.39, 0.29) is 48.7 Å². The Kier molecular flexibility index (Phi) is 5.64. The number of hydrogen-bond acceptors (Lipinski definition) is 2. The minimum absolute atomic E-state index is 0. The summed E-state index contributed by atoms with van der Waals surface area (Å²) in [5.74, 6) is -2.48. The first-order valence-electron chi connectivity index (χ1n) is 7.39. The van der Waals surface area contributed by atoms with Gasteiger partial charge in [0.25, 0.3) is 5.92 Å². The van der Waals surface area contributed by atoms with Gasteiger partial charge in [-0.1, -0.05) is 0 Å². The van der Waals surface area contributed by atoms with E-state index < -0.39 is 5.92 Å². The third-order valence-electron chi connectivity index (χ3n) is 4.18. The molecule has 0 amide bonds. The predicted octanol–water partition coefficient (Wildman–Crippen LogP) is 2.68. The second kappa shape index (κ2) is 7.14. The first kappa shape index (κ1) is 18.2. The number of aliphatic imine (C=N–C) groups is 1. The molecule has 23 heavy (non-hydrogen) atoms. The summed E-state index contributed by atoms with van der Waals surface area (Å²) in [5, 5.41) is 0. The van der Waals surface area contributed by atoms with Crippen LogP contribution in [0.3, 0.4) is 0 Å². The number of hydrogen-bond donors (Lipinski definition) is 1. The lowest BCUT2D eigenvalue weighted by atomic mass is 9.89. The standard InChI is InChI=1S/C15H19F3N4.HI/c16-11-1-3-13(4-2-11)21-5-7-22(8-6-21)14(19)20-12-9-15(17,18)10-12;/h1-4,12H,5-10H2,(H2,19,20);1H. The Morgan fingerprint density at radius 3 is 2.17 bits per heavy atom. The molecular formula is C15H20F3IN4. The van der Waals surface area contributed by atoms with Gasteiger partial charge in [-0.3, -0.25) is 0 Å². The fourth-order valence-electron chi connectivity index (χ4n) is 2.84. The molecular weight excluding hydrogens is 420 g/mol. The quantitative estimate of drug-likeness (QED) is 0.437. The van der Waals surface area contributed by atoms with E-state index in [0.717, 1.165) is 18.8 Å². The molecule has 2 aliphatic rings. The highest BCUT2D eigenvalue weighted by molar-refractivity contribution is 14.0. The molecule has 3 rings (SSSR count). The minimum Gasteiger partial charge on any atom is -0.370 e. The summed E-state index contributed by atoms with van der Waals surface area (Å²) in [7, 11) is 0. The highest BCUT2D eigenvalue weighted by Gasteiger charge is 2.45. The van der Waals surface area contributed by atoms with E-state index in [1.54, 1.807) is 12.1 Å². The van der Waals surface area contributed by atoms with Crippen molar-refractivity contribution in [1.29, 1.82) is 0 Å². The van der Waals surface area contributed by atoms with Crippen LogP contribution in [0.1, 0.15) is 12.8 Å². The number of piperazine rings is 1. The van der Waals surface area contributed by atoms with E-state index >= 15 is 0 Å². The van der Waals surface area contributed by atoms with Gasteiger partial charge in [-0.05, 0) is 24.3 Å². The summed E-state index contributed by atoms with van der Waals surface area (Å²) in [6.45, 7) is 2.83. The molecule has 0 unspecified atom stereocenters. The maximum absolute atomic E-state index is 12.9. The van der Waals surface area contributed by atoms with E-state index in [4.69, 9.17) is 5.73 Å². The van der Waals surface area contributed by atoms with Crippen molar-refractivity contribution in [1.82, 2.24) is 4.90 Å². The first-order chi connectivity index (χ1) is 10.4. The van der Waals surface area contributed by atoms with Crippen LogP contribution in [0, 0.1) is 5.82 Å². The first-order valence-corrected chi connectivity index (χ1v) is 7.39. The number of halogens is 4. The van der Waals surface area contributed by atoms with Crippen molar-refractivity contribution < 1.29 is 13.2 Å². The number of guanidine groups is 1. The summed E-state index contributed by atoms with van der Waals surface area (Å²) in [6.07, 6.45) is -0.410. The smallest absolute Gasteiger partial charge is 0.252 e. The Hall–Kier alpha value is -1.19. The van der Waals surface area contributed by atoms with Gasteiger partial charge in [-0.2, -0.15) is 0 Å². The molecule has 2 N–H and O–H groups in total. The van der Waals surface area contributed by atoms with Gasteiger partial charge in [0.1, 0.15) is 5.82 Å². The molecule has 0 spiro atoms. The van der Waals surface area contributed by atoms with Crippen molar-refractivity contribution in [2.24, 2.45) is 10.7 Å². The lowest BCUT2D eigenvalue weighted by molar-refractivity contribution is -0.0836.